The van der Waals surface area contributed by atoms with Crippen molar-refractivity contribution in [3.63, 3.8) is 0 Å². The van der Waals surface area contributed by atoms with Crippen LogP contribution in [0.2, 0.25) is 0 Å². The maximum atomic E-state index is 5.90. The second-order valence-electron chi connectivity index (χ2n) is 3.96. The Morgan fingerprint density at radius 2 is 1.71 bits per heavy atom. The summed E-state index contributed by atoms with van der Waals surface area (Å²) in [4.78, 5) is 0. The van der Waals surface area contributed by atoms with Crippen LogP contribution in [0, 0.1) is 0 Å². The van der Waals surface area contributed by atoms with E-state index in [0.29, 0.717) is 22.9 Å². The summed E-state index contributed by atoms with van der Waals surface area (Å²) in [6, 6.07) is 3.48. The lowest BCUT2D eigenvalue weighted by Gasteiger charge is -2.17. The highest BCUT2D eigenvalue weighted by atomic mass is 16.5. The van der Waals surface area contributed by atoms with Gasteiger partial charge in [0.1, 0.15) is 5.75 Å². The summed E-state index contributed by atoms with van der Waals surface area (Å²) in [5, 5.41) is 0. The molecule has 4 heteroatoms. The monoisotopic (exact) mass is 239 g/mol. The number of ether oxygens (including phenoxy) is 3. The summed E-state index contributed by atoms with van der Waals surface area (Å²) in [5.74, 6) is 1.88. The number of hydrogen-bond donors (Lipinski definition) is 1. The van der Waals surface area contributed by atoms with Gasteiger partial charge in [0.05, 0.1) is 26.0 Å². The van der Waals surface area contributed by atoms with Crippen molar-refractivity contribution in [2.24, 2.45) is 0 Å². The summed E-state index contributed by atoms with van der Waals surface area (Å²) >= 11 is 0. The molecular weight excluding hydrogens is 218 g/mol. The van der Waals surface area contributed by atoms with E-state index < -0.39 is 0 Å². The average Bonchev–Trinajstić information content (AvgIpc) is 2.31. The Hall–Kier alpha value is -1.58. The van der Waals surface area contributed by atoms with E-state index in [1.165, 1.54) is 0 Å². The highest BCUT2D eigenvalue weighted by Gasteiger charge is 2.12. The van der Waals surface area contributed by atoms with E-state index in [9.17, 15) is 0 Å². The van der Waals surface area contributed by atoms with Gasteiger partial charge in [0.25, 0.3) is 0 Å². The zero-order chi connectivity index (χ0) is 12.8. The molecule has 1 atom stereocenters. The molecule has 0 aromatic heterocycles. The van der Waals surface area contributed by atoms with Crippen molar-refractivity contribution in [3.8, 4) is 17.2 Å². The summed E-state index contributed by atoms with van der Waals surface area (Å²) in [6.07, 6.45) is 2.21. The molecule has 1 unspecified atom stereocenters. The predicted octanol–water partition coefficient (Wildman–Crippen LogP) is 2.85. The van der Waals surface area contributed by atoms with Gasteiger partial charge in [-0.3, -0.25) is 0 Å². The molecule has 0 aliphatic carbocycles. The highest BCUT2D eigenvalue weighted by Crippen LogP contribution is 2.36. The number of nitrogen functional groups attached to an aromatic ring is 1. The quantitative estimate of drug-likeness (QED) is 0.775. The maximum Gasteiger partial charge on any atom is 0.164 e. The second-order valence-corrected chi connectivity index (χ2v) is 3.96. The fraction of sp³-hybridized carbons (Fsp3) is 0.538. The zero-order valence-electron chi connectivity index (χ0n) is 10.9. The van der Waals surface area contributed by atoms with Crippen molar-refractivity contribution in [1.82, 2.24) is 0 Å². The molecule has 0 heterocycles. The van der Waals surface area contributed by atoms with Gasteiger partial charge in [0.2, 0.25) is 0 Å². The Balaban J connectivity index is 2.92. The second kappa shape index (κ2) is 6.23. The number of methoxy groups -OCH3 is 2. The summed E-state index contributed by atoms with van der Waals surface area (Å²) in [6.45, 7) is 4.15. The Kier molecular flexibility index (Phi) is 4.94. The lowest BCUT2D eigenvalue weighted by Crippen LogP contribution is -2.12. The lowest BCUT2D eigenvalue weighted by molar-refractivity contribution is 0.210. The van der Waals surface area contributed by atoms with Crippen LogP contribution in [0.4, 0.5) is 5.69 Å². The molecule has 0 saturated heterocycles. The number of rotatable bonds is 6. The fourth-order valence-electron chi connectivity index (χ4n) is 1.66. The van der Waals surface area contributed by atoms with E-state index in [2.05, 4.69) is 6.92 Å². The lowest BCUT2D eigenvalue weighted by atomic mass is 10.2. The van der Waals surface area contributed by atoms with Crippen molar-refractivity contribution in [2.75, 3.05) is 20.0 Å². The minimum absolute atomic E-state index is 0.139. The first-order valence-electron chi connectivity index (χ1n) is 5.80. The molecule has 1 rings (SSSR count). The molecule has 0 aliphatic heterocycles. The van der Waals surface area contributed by atoms with Crippen molar-refractivity contribution < 1.29 is 14.2 Å². The van der Waals surface area contributed by atoms with E-state index in [4.69, 9.17) is 19.9 Å². The Morgan fingerprint density at radius 1 is 1.12 bits per heavy atom. The van der Waals surface area contributed by atoms with Crippen LogP contribution in [0.15, 0.2) is 12.1 Å². The van der Waals surface area contributed by atoms with E-state index in [-0.39, 0.29) is 6.10 Å². The minimum Gasteiger partial charge on any atom is -0.493 e. The molecule has 0 aliphatic rings. The third kappa shape index (κ3) is 3.44. The molecule has 4 nitrogen and oxygen atoms in total. The molecule has 0 amide bonds. The van der Waals surface area contributed by atoms with Gasteiger partial charge in [-0.05, 0) is 13.3 Å². The number of benzene rings is 1. The van der Waals surface area contributed by atoms with Crippen LogP contribution < -0.4 is 19.9 Å². The fourth-order valence-corrected chi connectivity index (χ4v) is 1.66. The Labute approximate surface area is 103 Å². The molecule has 1 aromatic rings. The first-order valence-corrected chi connectivity index (χ1v) is 5.80. The van der Waals surface area contributed by atoms with Crippen molar-refractivity contribution in [2.45, 2.75) is 32.8 Å². The summed E-state index contributed by atoms with van der Waals surface area (Å²) < 4.78 is 16.1. The maximum absolute atomic E-state index is 5.90. The normalized spacial score (nSPS) is 12.0. The molecule has 0 saturated carbocycles. The van der Waals surface area contributed by atoms with Crippen LogP contribution in [0.3, 0.4) is 0 Å². The number of nitrogens with two attached hydrogens (primary N) is 1. The number of anilines is 1. The first-order chi connectivity index (χ1) is 8.12. The standard InChI is InChI=1S/C13H21NO3/c1-5-6-9(2)17-11-8-13(16-4)12(15-3)7-10(11)14/h7-9H,5-6,14H2,1-4H3. The van der Waals surface area contributed by atoms with Gasteiger partial charge in [-0.2, -0.15) is 0 Å². The van der Waals surface area contributed by atoms with Crippen molar-refractivity contribution >= 4 is 5.69 Å². The molecule has 0 fully saturated rings. The van der Waals surface area contributed by atoms with Gasteiger partial charge < -0.3 is 19.9 Å². The van der Waals surface area contributed by atoms with Crippen LogP contribution in [0.5, 0.6) is 17.2 Å². The molecule has 0 spiro atoms. The van der Waals surface area contributed by atoms with Gasteiger partial charge in [0, 0.05) is 12.1 Å². The van der Waals surface area contributed by atoms with Gasteiger partial charge in [-0.25, -0.2) is 0 Å². The smallest absolute Gasteiger partial charge is 0.164 e. The average molecular weight is 239 g/mol. The molecule has 96 valence electrons. The zero-order valence-corrected chi connectivity index (χ0v) is 10.9. The van der Waals surface area contributed by atoms with Gasteiger partial charge in [-0.15, -0.1) is 0 Å². The van der Waals surface area contributed by atoms with Crippen LogP contribution in [0.1, 0.15) is 26.7 Å². The van der Waals surface area contributed by atoms with Gasteiger partial charge in [0.15, 0.2) is 11.5 Å². The third-order valence-electron chi connectivity index (χ3n) is 2.54. The van der Waals surface area contributed by atoms with E-state index in [1.54, 1.807) is 26.4 Å². The molecule has 2 N–H and O–H groups in total. The van der Waals surface area contributed by atoms with Crippen LogP contribution >= 0.6 is 0 Å². The Bertz CT molecular complexity index is 366. The molecule has 0 bridgehead atoms. The van der Waals surface area contributed by atoms with E-state index in [1.807, 2.05) is 6.92 Å². The summed E-state index contributed by atoms with van der Waals surface area (Å²) in [7, 11) is 3.17. The minimum atomic E-state index is 0.139. The van der Waals surface area contributed by atoms with Crippen LogP contribution in [-0.4, -0.2) is 20.3 Å². The number of hydrogen-bond acceptors (Lipinski definition) is 4. The van der Waals surface area contributed by atoms with E-state index in [0.717, 1.165) is 12.8 Å². The highest BCUT2D eigenvalue weighted by molar-refractivity contribution is 5.61. The summed E-state index contributed by atoms with van der Waals surface area (Å²) in [5.41, 5.74) is 6.47. The third-order valence-corrected chi connectivity index (χ3v) is 2.54. The SMILES string of the molecule is CCCC(C)Oc1cc(OC)c(OC)cc1N. The van der Waals surface area contributed by atoms with Crippen molar-refractivity contribution in [3.05, 3.63) is 12.1 Å². The molecular formula is C13H21NO3. The van der Waals surface area contributed by atoms with E-state index >= 15 is 0 Å². The van der Waals surface area contributed by atoms with Crippen molar-refractivity contribution in [1.29, 1.82) is 0 Å². The largest absolute Gasteiger partial charge is 0.493 e. The van der Waals surface area contributed by atoms with Gasteiger partial charge in [-0.1, -0.05) is 13.3 Å². The molecule has 1 aromatic carbocycles. The first kappa shape index (κ1) is 13.5. The molecule has 0 radical (unpaired) electrons. The molecule has 17 heavy (non-hydrogen) atoms. The van der Waals surface area contributed by atoms with Crippen LogP contribution in [0.25, 0.3) is 0 Å². The Morgan fingerprint density at radius 3 is 2.24 bits per heavy atom. The van der Waals surface area contributed by atoms with Gasteiger partial charge >= 0.3 is 0 Å². The topological polar surface area (TPSA) is 53.7 Å². The van der Waals surface area contributed by atoms with Crippen LogP contribution in [-0.2, 0) is 0 Å². The predicted molar refractivity (Wildman–Crippen MR) is 69.0 cm³/mol.